The van der Waals surface area contributed by atoms with Gasteiger partial charge >= 0.3 is 0 Å². The Morgan fingerprint density at radius 1 is 1.60 bits per heavy atom. The Kier molecular flexibility index (Phi) is 4.19. The molecule has 0 aromatic carbocycles. The zero-order chi connectivity index (χ0) is 14.7. The number of aliphatic hydroxyl groups excluding tert-OH is 1. The first-order valence-corrected chi connectivity index (χ1v) is 6.60. The summed E-state index contributed by atoms with van der Waals surface area (Å²) in [6.45, 7) is 4.78. The second kappa shape index (κ2) is 5.87. The molecular weight excluding hydrogens is 258 g/mol. The molecule has 1 atom stereocenters. The summed E-state index contributed by atoms with van der Waals surface area (Å²) in [5, 5.41) is 14.0. The van der Waals surface area contributed by atoms with Gasteiger partial charge in [-0.3, -0.25) is 4.79 Å². The van der Waals surface area contributed by atoms with Crippen molar-refractivity contribution in [2.24, 2.45) is 5.73 Å². The maximum atomic E-state index is 11.7. The van der Waals surface area contributed by atoms with Crippen LogP contribution in [-0.4, -0.2) is 44.8 Å². The zero-order valence-corrected chi connectivity index (χ0v) is 11.7. The molecule has 0 bridgehead atoms. The molecule has 0 aliphatic carbocycles. The van der Waals surface area contributed by atoms with Crippen LogP contribution in [0.2, 0.25) is 0 Å². The van der Waals surface area contributed by atoms with Crippen molar-refractivity contribution in [1.29, 1.82) is 0 Å². The summed E-state index contributed by atoms with van der Waals surface area (Å²) in [4.78, 5) is 17.7. The van der Waals surface area contributed by atoms with Crippen LogP contribution in [0.4, 0.5) is 5.82 Å². The van der Waals surface area contributed by atoms with Crippen molar-refractivity contribution < 1.29 is 9.90 Å². The summed E-state index contributed by atoms with van der Waals surface area (Å²) in [6.07, 6.45) is 3.64. The third-order valence-corrected chi connectivity index (χ3v) is 2.90. The number of fused-ring (bicyclic) bond motifs is 1. The molecule has 2 rings (SSSR count). The Balaban J connectivity index is 2.55. The lowest BCUT2D eigenvalue weighted by atomic mass is 10.2. The molecule has 108 valence electrons. The number of nitrogens with two attached hydrogens (primary N) is 1. The van der Waals surface area contributed by atoms with Crippen LogP contribution in [0.3, 0.4) is 0 Å². The van der Waals surface area contributed by atoms with Gasteiger partial charge in [-0.25, -0.2) is 9.50 Å². The Morgan fingerprint density at radius 2 is 2.35 bits per heavy atom. The molecule has 0 spiro atoms. The number of aromatic nitrogens is 3. The molecule has 2 aromatic rings. The lowest BCUT2D eigenvalue weighted by molar-refractivity contribution is 0.100. The number of amides is 1. The lowest BCUT2D eigenvalue weighted by Crippen LogP contribution is -2.33. The van der Waals surface area contributed by atoms with E-state index in [-0.39, 0.29) is 0 Å². The van der Waals surface area contributed by atoms with E-state index in [4.69, 9.17) is 5.73 Å². The van der Waals surface area contributed by atoms with Crippen LogP contribution < -0.4 is 10.6 Å². The fraction of sp³-hybridized carbons (Fsp3) is 0.462. The summed E-state index contributed by atoms with van der Waals surface area (Å²) in [6, 6.07) is 1.73. The van der Waals surface area contributed by atoms with Gasteiger partial charge in [-0.15, -0.1) is 5.10 Å². The van der Waals surface area contributed by atoms with Crippen LogP contribution in [0.15, 0.2) is 18.5 Å². The van der Waals surface area contributed by atoms with Crippen molar-refractivity contribution in [3.8, 4) is 0 Å². The number of anilines is 1. The highest BCUT2D eigenvalue weighted by atomic mass is 16.3. The number of carbonyl (C=O) groups is 1. The Morgan fingerprint density at radius 3 is 2.95 bits per heavy atom. The van der Waals surface area contributed by atoms with E-state index in [0.717, 1.165) is 6.42 Å². The van der Waals surface area contributed by atoms with Crippen LogP contribution in [-0.2, 0) is 0 Å². The van der Waals surface area contributed by atoms with Crippen molar-refractivity contribution in [1.82, 2.24) is 14.6 Å². The maximum Gasteiger partial charge on any atom is 0.256 e. The molecule has 0 aliphatic heterocycles. The van der Waals surface area contributed by atoms with Gasteiger partial charge in [0.05, 0.1) is 6.10 Å². The van der Waals surface area contributed by atoms with E-state index in [9.17, 15) is 9.90 Å². The molecule has 0 unspecified atom stereocenters. The summed E-state index contributed by atoms with van der Waals surface area (Å²) in [5.74, 6) is -0.0978. The molecule has 2 aromatic heterocycles. The number of aliphatic hydroxyl groups is 1. The van der Waals surface area contributed by atoms with E-state index in [0.29, 0.717) is 30.1 Å². The third-order valence-electron chi connectivity index (χ3n) is 2.90. The summed E-state index contributed by atoms with van der Waals surface area (Å²) < 4.78 is 1.53. The van der Waals surface area contributed by atoms with Crippen LogP contribution in [0.5, 0.6) is 0 Å². The van der Waals surface area contributed by atoms with Gasteiger partial charge in [0, 0.05) is 25.5 Å². The van der Waals surface area contributed by atoms with E-state index < -0.39 is 12.0 Å². The van der Waals surface area contributed by atoms with Crippen LogP contribution >= 0.6 is 0 Å². The second-order valence-corrected chi connectivity index (χ2v) is 4.75. The van der Waals surface area contributed by atoms with Gasteiger partial charge in [0.25, 0.3) is 5.91 Å². The van der Waals surface area contributed by atoms with Gasteiger partial charge in [-0.1, -0.05) is 6.92 Å². The molecule has 0 saturated heterocycles. The Bertz CT molecular complexity index is 608. The molecule has 7 nitrogen and oxygen atoms in total. The molecule has 2 heterocycles. The molecule has 1 amide bonds. The van der Waals surface area contributed by atoms with Gasteiger partial charge in [0.1, 0.15) is 5.56 Å². The van der Waals surface area contributed by atoms with Crippen molar-refractivity contribution in [3.05, 3.63) is 24.0 Å². The van der Waals surface area contributed by atoms with Crippen LogP contribution in [0.25, 0.3) is 5.65 Å². The molecule has 0 saturated carbocycles. The molecular formula is C13H19N5O2. The SMILES string of the molecule is CCCN(C[C@@H](C)O)c1nn2cccnc2c1C(N)=O. The average molecular weight is 277 g/mol. The first-order chi connectivity index (χ1) is 9.54. The maximum absolute atomic E-state index is 11.7. The Labute approximate surface area is 117 Å². The molecule has 0 radical (unpaired) electrons. The first-order valence-electron chi connectivity index (χ1n) is 6.60. The number of carbonyl (C=O) groups excluding carboxylic acids is 1. The molecule has 20 heavy (non-hydrogen) atoms. The fourth-order valence-corrected chi connectivity index (χ4v) is 2.19. The van der Waals surface area contributed by atoms with Crippen molar-refractivity contribution in [3.63, 3.8) is 0 Å². The van der Waals surface area contributed by atoms with Crippen molar-refractivity contribution >= 4 is 17.4 Å². The summed E-state index contributed by atoms with van der Waals surface area (Å²) >= 11 is 0. The van der Waals surface area contributed by atoms with Crippen LogP contribution in [0.1, 0.15) is 30.6 Å². The van der Waals surface area contributed by atoms with E-state index in [1.807, 2.05) is 11.8 Å². The minimum Gasteiger partial charge on any atom is -0.392 e. The van der Waals surface area contributed by atoms with Crippen molar-refractivity contribution in [2.75, 3.05) is 18.0 Å². The minimum atomic E-state index is -0.569. The van der Waals surface area contributed by atoms with Gasteiger partial charge in [-0.2, -0.15) is 0 Å². The quantitative estimate of drug-likeness (QED) is 0.798. The second-order valence-electron chi connectivity index (χ2n) is 4.75. The lowest BCUT2D eigenvalue weighted by Gasteiger charge is -2.23. The number of hydrogen-bond acceptors (Lipinski definition) is 5. The van der Waals surface area contributed by atoms with Gasteiger partial charge in [0.15, 0.2) is 11.5 Å². The number of hydrogen-bond donors (Lipinski definition) is 2. The third kappa shape index (κ3) is 2.72. The Hall–Kier alpha value is -2.15. The normalized spacial score (nSPS) is 12.6. The van der Waals surface area contributed by atoms with E-state index in [1.54, 1.807) is 25.4 Å². The molecule has 3 N–H and O–H groups in total. The standard InChI is InChI=1S/C13H19N5O2/c1-3-6-17(8-9(2)19)13-10(11(14)20)12-15-5-4-7-18(12)16-13/h4-5,7,9,19H,3,6,8H2,1-2H3,(H2,14,20)/t9-/m1/s1. The number of rotatable bonds is 6. The van der Waals surface area contributed by atoms with Gasteiger partial charge in [0.2, 0.25) is 0 Å². The van der Waals surface area contributed by atoms with Gasteiger partial charge in [-0.05, 0) is 19.4 Å². The predicted molar refractivity (Wildman–Crippen MR) is 75.7 cm³/mol. The summed E-state index contributed by atoms with van der Waals surface area (Å²) in [7, 11) is 0. The van der Waals surface area contributed by atoms with Crippen molar-refractivity contribution in [2.45, 2.75) is 26.4 Å². The molecule has 0 aliphatic rings. The fourth-order valence-electron chi connectivity index (χ4n) is 2.19. The minimum absolute atomic E-state index is 0.291. The molecule has 0 fully saturated rings. The zero-order valence-electron chi connectivity index (χ0n) is 11.7. The highest BCUT2D eigenvalue weighted by molar-refractivity contribution is 6.03. The highest BCUT2D eigenvalue weighted by Gasteiger charge is 2.23. The van der Waals surface area contributed by atoms with E-state index in [1.165, 1.54) is 4.52 Å². The molecule has 7 heteroatoms. The van der Waals surface area contributed by atoms with Gasteiger partial charge < -0.3 is 15.7 Å². The van der Waals surface area contributed by atoms with Crippen LogP contribution in [0, 0.1) is 0 Å². The topological polar surface area (TPSA) is 96.8 Å². The highest BCUT2D eigenvalue weighted by Crippen LogP contribution is 2.22. The smallest absolute Gasteiger partial charge is 0.256 e. The summed E-state index contributed by atoms with van der Waals surface area (Å²) in [5.41, 5.74) is 6.19. The first kappa shape index (κ1) is 14.3. The monoisotopic (exact) mass is 277 g/mol. The van der Waals surface area contributed by atoms with E-state index in [2.05, 4.69) is 10.1 Å². The number of nitrogens with zero attached hydrogens (tertiary/aromatic N) is 4. The average Bonchev–Trinajstić information content (AvgIpc) is 2.76. The number of primary amides is 1. The predicted octanol–water partition coefficient (Wildman–Crippen LogP) is 0.425. The van der Waals surface area contributed by atoms with E-state index >= 15 is 0 Å². The largest absolute Gasteiger partial charge is 0.392 e.